The topological polar surface area (TPSA) is 27.0 Å². The molecule has 0 unspecified atom stereocenters. The first-order valence-corrected chi connectivity index (χ1v) is 4.75. The number of hydrogen-bond acceptors (Lipinski definition) is 2. The lowest BCUT2D eigenvalue weighted by Gasteiger charge is -2.16. The third-order valence-corrected chi connectivity index (χ3v) is 2.41. The Morgan fingerprint density at radius 1 is 1.29 bits per heavy atom. The predicted octanol–water partition coefficient (Wildman–Crippen LogP) is 2.26. The molecule has 0 atom stereocenters. The summed E-state index contributed by atoms with van der Waals surface area (Å²) in [5.41, 5.74) is 3.94. The second kappa shape index (κ2) is 4.78. The molecule has 0 radical (unpaired) electrons. The summed E-state index contributed by atoms with van der Waals surface area (Å²) < 4.78 is 0. The lowest BCUT2D eigenvalue weighted by Crippen LogP contribution is -2.19. The maximum atomic E-state index is 8.56. The van der Waals surface area contributed by atoms with Gasteiger partial charge in [-0.3, -0.25) is 4.90 Å². The molecule has 2 heteroatoms. The summed E-state index contributed by atoms with van der Waals surface area (Å²) in [5.74, 6) is 0. The third kappa shape index (κ3) is 2.58. The fourth-order valence-electron chi connectivity index (χ4n) is 1.54. The van der Waals surface area contributed by atoms with Crippen molar-refractivity contribution < 1.29 is 0 Å². The summed E-state index contributed by atoms with van der Waals surface area (Å²) >= 11 is 0. The smallest absolute Gasteiger partial charge is 0.0866 e. The van der Waals surface area contributed by atoms with Crippen molar-refractivity contribution in [1.82, 2.24) is 4.90 Å². The highest BCUT2D eigenvalue weighted by Crippen LogP contribution is 2.14. The standard InChI is InChI=1S/C12H16N2/c1-10-5-4-6-11(2)12(10)9-14(3)8-7-13/h4-6H,8-9H2,1-3H3. The van der Waals surface area contributed by atoms with E-state index in [0.29, 0.717) is 6.54 Å². The Hall–Kier alpha value is -1.33. The van der Waals surface area contributed by atoms with Crippen LogP contribution < -0.4 is 0 Å². The van der Waals surface area contributed by atoms with Crippen LogP contribution in [-0.4, -0.2) is 18.5 Å². The lowest BCUT2D eigenvalue weighted by molar-refractivity contribution is 0.366. The van der Waals surface area contributed by atoms with E-state index in [1.54, 1.807) is 0 Å². The first-order chi connectivity index (χ1) is 6.65. The van der Waals surface area contributed by atoms with Crippen molar-refractivity contribution in [2.75, 3.05) is 13.6 Å². The first kappa shape index (κ1) is 10.7. The molecule has 0 saturated carbocycles. The minimum atomic E-state index is 0.480. The average molecular weight is 188 g/mol. The minimum absolute atomic E-state index is 0.480. The van der Waals surface area contributed by atoms with Crippen molar-refractivity contribution >= 4 is 0 Å². The van der Waals surface area contributed by atoms with Crippen molar-refractivity contribution in [1.29, 1.82) is 5.26 Å². The molecule has 0 fully saturated rings. The van der Waals surface area contributed by atoms with Crippen LogP contribution in [0.5, 0.6) is 0 Å². The molecular formula is C12H16N2. The Bertz CT molecular complexity index is 330. The van der Waals surface area contributed by atoms with Crippen molar-refractivity contribution in [3.8, 4) is 6.07 Å². The molecule has 14 heavy (non-hydrogen) atoms. The van der Waals surface area contributed by atoms with Crippen molar-refractivity contribution in [3.63, 3.8) is 0 Å². The molecule has 1 aromatic rings. The fourth-order valence-corrected chi connectivity index (χ4v) is 1.54. The predicted molar refractivity (Wildman–Crippen MR) is 57.9 cm³/mol. The second-order valence-corrected chi connectivity index (χ2v) is 3.70. The monoisotopic (exact) mass is 188 g/mol. The van der Waals surface area contributed by atoms with Crippen LogP contribution in [0.2, 0.25) is 0 Å². The van der Waals surface area contributed by atoms with Crippen molar-refractivity contribution in [2.45, 2.75) is 20.4 Å². The maximum absolute atomic E-state index is 8.56. The van der Waals surface area contributed by atoms with E-state index < -0.39 is 0 Å². The normalized spacial score (nSPS) is 10.2. The van der Waals surface area contributed by atoms with Crippen molar-refractivity contribution in [3.05, 3.63) is 34.9 Å². The van der Waals surface area contributed by atoms with E-state index >= 15 is 0 Å². The van der Waals surface area contributed by atoms with Gasteiger partial charge < -0.3 is 0 Å². The van der Waals surface area contributed by atoms with Gasteiger partial charge in [-0.1, -0.05) is 18.2 Å². The number of rotatable bonds is 3. The van der Waals surface area contributed by atoms with E-state index in [1.807, 2.05) is 11.9 Å². The largest absolute Gasteiger partial charge is 0.289 e. The maximum Gasteiger partial charge on any atom is 0.0866 e. The molecule has 0 aliphatic carbocycles. The molecule has 0 amide bonds. The van der Waals surface area contributed by atoms with E-state index in [2.05, 4.69) is 38.1 Å². The molecule has 0 bridgehead atoms. The molecule has 0 aliphatic heterocycles. The molecule has 0 saturated heterocycles. The van der Waals surface area contributed by atoms with Crippen LogP contribution in [-0.2, 0) is 6.54 Å². The van der Waals surface area contributed by atoms with Gasteiger partial charge in [0, 0.05) is 6.54 Å². The highest BCUT2D eigenvalue weighted by Gasteiger charge is 2.04. The highest BCUT2D eigenvalue weighted by atomic mass is 15.1. The molecule has 74 valence electrons. The molecular weight excluding hydrogens is 172 g/mol. The molecule has 0 N–H and O–H groups in total. The van der Waals surface area contributed by atoms with Crippen LogP contribution >= 0.6 is 0 Å². The van der Waals surface area contributed by atoms with Gasteiger partial charge in [0.05, 0.1) is 12.6 Å². The first-order valence-electron chi connectivity index (χ1n) is 4.75. The lowest BCUT2D eigenvalue weighted by atomic mass is 10.0. The van der Waals surface area contributed by atoms with Crippen LogP contribution in [0.1, 0.15) is 16.7 Å². The van der Waals surface area contributed by atoms with Crippen LogP contribution in [0.3, 0.4) is 0 Å². The van der Waals surface area contributed by atoms with Crippen LogP contribution in [0.4, 0.5) is 0 Å². The molecule has 0 aromatic heterocycles. The Kier molecular flexibility index (Phi) is 3.67. The van der Waals surface area contributed by atoms with E-state index in [9.17, 15) is 0 Å². The minimum Gasteiger partial charge on any atom is -0.289 e. The molecule has 2 nitrogen and oxygen atoms in total. The van der Waals surface area contributed by atoms with Gasteiger partial charge >= 0.3 is 0 Å². The van der Waals surface area contributed by atoms with Crippen molar-refractivity contribution in [2.24, 2.45) is 0 Å². The van der Waals surface area contributed by atoms with Gasteiger partial charge in [-0.15, -0.1) is 0 Å². The van der Waals surface area contributed by atoms with E-state index in [1.165, 1.54) is 16.7 Å². The Morgan fingerprint density at radius 3 is 2.36 bits per heavy atom. The Labute approximate surface area is 85.8 Å². The number of aryl methyl sites for hydroxylation is 2. The van der Waals surface area contributed by atoms with Crippen LogP contribution in [0.15, 0.2) is 18.2 Å². The zero-order valence-electron chi connectivity index (χ0n) is 9.04. The number of nitriles is 1. The molecule has 0 aliphatic rings. The van der Waals surface area contributed by atoms with Gasteiger partial charge in [0.25, 0.3) is 0 Å². The number of benzene rings is 1. The summed E-state index contributed by atoms with van der Waals surface area (Å²) in [6.07, 6.45) is 0. The van der Waals surface area contributed by atoms with Crippen LogP contribution in [0.25, 0.3) is 0 Å². The molecule has 0 spiro atoms. The number of nitrogens with zero attached hydrogens (tertiary/aromatic N) is 2. The molecule has 0 heterocycles. The average Bonchev–Trinajstić information content (AvgIpc) is 2.12. The summed E-state index contributed by atoms with van der Waals surface area (Å²) in [6, 6.07) is 8.45. The molecule has 1 aromatic carbocycles. The van der Waals surface area contributed by atoms with Gasteiger partial charge in [0.15, 0.2) is 0 Å². The van der Waals surface area contributed by atoms with Gasteiger partial charge in [-0.2, -0.15) is 5.26 Å². The summed E-state index contributed by atoms with van der Waals surface area (Å²) in [4.78, 5) is 2.02. The van der Waals surface area contributed by atoms with E-state index in [-0.39, 0.29) is 0 Å². The van der Waals surface area contributed by atoms with Gasteiger partial charge in [-0.05, 0) is 37.6 Å². The van der Waals surface area contributed by atoms with Gasteiger partial charge in [0.2, 0.25) is 0 Å². The number of hydrogen-bond donors (Lipinski definition) is 0. The zero-order chi connectivity index (χ0) is 10.6. The second-order valence-electron chi connectivity index (χ2n) is 3.70. The quantitative estimate of drug-likeness (QED) is 0.680. The Morgan fingerprint density at radius 2 is 1.86 bits per heavy atom. The van der Waals surface area contributed by atoms with E-state index in [0.717, 1.165) is 6.54 Å². The Balaban J connectivity index is 2.81. The van der Waals surface area contributed by atoms with Crippen LogP contribution in [0, 0.1) is 25.2 Å². The summed E-state index contributed by atoms with van der Waals surface area (Å²) in [6.45, 7) is 5.56. The fraction of sp³-hybridized carbons (Fsp3) is 0.417. The molecule has 1 rings (SSSR count). The van der Waals surface area contributed by atoms with E-state index in [4.69, 9.17) is 5.26 Å². The zero-order valence-corrected chi connectivity index (χ0v) is 9.04. The highest BCUT2D eigenvalue weighted by molar-refractivity contribution is 5.33. The third-order valence-electron chi connectivity index (χ3n) is 2.41. The van der Waals surface area contributed by atoms with Gasteiger partial charge in [0.1, 0.15) is 0 Å². The van der Waals surface area contributed by atoms with Gasteiger partial charge in [-0.25, -0.2) is 0 Å². The SMILES string of the molecule is Cc1cccc(C)c1CN(C)CC#N. The summed E-state index contributed by atoms with van der Waals surface area (Å²) in [7, 11) is 1.97. The summed E-state index contributed by atoms with van der Waals surface area (Å²) in [5, 5.41) is 8.56.